The van der Waals surface area contributed by atoms with Crippen molar-refractivity contribution >= 4 is 12.1 Å². The van der Waals surface area contributed by atoms with E-state index in [0.29, 0.717) is 0 Å². The highest BCUT2D eigenvalue weighted by Gasteiger charge is 2.63. The Morgan fingerprint density at radius 3 is 2.19 bits per heavy atom. The van der Waals surface area contributed by atoms with Gasteiger partial charge in [-0.1, -0.05) is 11.8 Å². The fourth-order valence-corrected chi connectivity index (χ4v) is 1.65. The van der Waals surface area contributed by atoms with Crippen molar-refractivity contribution in [3.63, 3.8) is 0 Å². The van der Waals surface area contributed by atoms with Gasteiger partial charge in [-0.3, -0.25) is 5.32 Å². The third-order valence-electron chi connectivity index (χ3n) is 2.47. The highest BCUT2D eigenvalue weighted by atomic mass is 19.4. The van der Waals surface area contributed by atoms with Crippen molar-refractivity contribution in [3.8, 4) is 11.8 Å². The number of rotatable bonds is 3. The molecule has 5 nitrogen and oxygen atoms in total. The smallest absolute Gasteiger partial charge is 0.409 e. The zero-order valence-corrected chi connectivity index (χ0v) is 12.1. The first kappa shape index (κ1) is 17.1. The van der Waals surface area contributed by atoms with Gasteiger partial charge in [-0.2, -0.15) is 13.2 Å². The molecule has 0 bridgehead atoms. The van der Waals surface area contributed by atoms with E-state index in [-0.39, 0.29) is 6.61 Å². The summed E-state index contributed by atoms with van der Waals surface area (Å²) >= 11 is 0. The van der Waals surface area contributed by atoms with Gasteiger partial charge in [0.2, 0.25) is 5.54 Å². The normalized spacial score (nSPS) is 24.2. The van der Waals surface area contributed by atoms with Crippen LogP contribution < -0.4 is 5.32 Å². The van der Waals surface area contributed by atoms with E-state index in [1.165, 1.54) is 27.7 Å². The first-order chi connectivity index (χ1) is 9.42. The molecule has 0 radical (unpaired) electrons. The van der Waals surface area contributed by atoms with E-state index in [9.17, 15) is 22.8 Å². The molecule has 0 heterocycles. The van der Waals surface area contributed by atoms with E-state index in [4.69, 9.17) is 4.74 Å². The zero-order valence-electron chi connectivity index (χ0n) is 12.1. The molecule has 21 heavy (non-hydrogen) atoms. The molecule has 1 aliphatic carbocycles. The highest BCUT2D eigenvalue weighted by Crippen LogP contribution is 2.39. The predicted octanol–water partition coefficient (Wildman–Crippen LogP) is 2.01. The lowest BCUT2D eigenvalue weighted by Crippen LogP contribution is -2.66. The molecule has 1 N–H and O–H groups in total. The molecule has 1 amide bonds. The number of carbonyl (C=O) groups is 2. The second-order valence-electron chi connectivity index (χ2n) is 5.40. The fraction of sp³-hybridized carbons (Fsp3) is 0.692. The maximum absolute atomic E-state index is 12.9. The predicted molar refractivity (Wildman–Crippen MR) is 66.1 cm³/mol. The molecule has 0 saturated heterocycles. The van der Waals surface area contributed by atoms with E-state index >= 15 is 0 Å². The Morgan fingerprint density at radius 1 is 1.29 bits per heavy atom. The first-order valence-corrected chi connectivity index (χ1v) is 6.20. The van der Waals surface area contributed by atoms with Gasteiger partial charge in [0.25, 0.3) is 0 Å². The highest BCUT2D eigenvalue weighted by molar-refractivity contribution is 5.93. The van der Waals surface area contributed by atoms with Crippen LogP contribution in [0.25, 0.3) is 0 Å². The van der Waals surface area contributed by atoms with Gasteiger partial charge in [-0.25, -0.2) is 9.59 Å². The lowest BCUT2D eigenvalue weighted by Gasteiger charge is -2.38. The second kappa shape index (κ2) is 5.47. The van der Waals surface area contributed by atoms with Crippen LogP contribution >= 0.6 is 0 Å². The average Bonchev–Trinajstić information content (AvgIpc) is 2.19. The van der Waals surface area contributed by atoms with Gasteiger partial charge in [-0.05, 0) is 27.7 Å². The minimum Gasteiger partial charge on any atom is -0.463 e. The van der Waals surface area contributed by atoms with Gasteiger partial charge in [-0.15, -0.1) is 0 Å². The summed E-state index contributed by atoms with van der Waals surface area (Å²) in [4.78, 5) is 23.5. The summed E-state index contributed by atoms with van der Waals surface area (Å²) in [6.07, 6.45) is -5.94. The molecule has 2 atom stereocenters. The minimum atomic E-state index is -4.77. The van der Waals surface area contributed by atoms with Crippen LogP contribution in [0.5, 0.6) is 0 Å². The third kappa shape index (κ3) is 3.80. The van der Waals surface area contributed by atoms with Gasteiger partial charge in [0.1, 0.15) is 5.60 Å². The van der Waals surface area contributed by atoms with Crippen molar-refractivity contribution < 1.29 is 32.2 Å². The summed E-state index contributed by atoms with van der Waals surface area (Å²) in [5.41, 5.74) is -3.37. The number of nitrogens with one attached hydrogen (secondary N) is 1. The van der Waals surface area contributed by atoms with Crippen molar-refractivity contribution in [1.82, 2.24) is 5.32 Å². The Kier molecular flexibility index (Phi) is 4.46. The molecule has 0 aromatic rings. The minimum absolute atomic E-state index is 0.136. The maximum atomic E-state index is 12.9. The standard InChI is InChI=1S/C13H16F3NO4/c1-5-20-9(18)12(7-6-8(12)13(14,15)16)17-10(19)21-11(2,3)4/h8H,5H2,1-4H3,(H,17,19)/t8-,12-/m1/s1. The maximum Gasteiger partial charge on any atom is 0.409 e. The Balaban J connectivity index is 3.00. The summed E-state index contributed by atoms with van der Waals surface area (Å²) in [6.45, 7) is 5.92. The molecule has 0 unspecified atom stereocenters. The molecule has 0 spiro atoms. The van der Waals surface area contributed by atoms with E-state index < -0.39 is 35.3 Å². The van der Waals surface area contributed by atoms with E-state index in [0.717, 1.165) is 0 Å². The molecule has 8 heteroatoms. The third-order valence-corrected chi connectivity index (χ3v) is 2.47. The Bertz CT molecular complexity index is 498. The molecule has 0 fully saturated rings. The van der Waals surface area contributed by atoms with Crippen molar-refractivity contribution in [2.24, 2.45) is 5.92 Å². The monoisotopic (exact) mass is 307 g/mol. The van der Waals surface area contributed by atoms with Gasteiger partial charge in [0, 0.05) is 0 Å². The number of halogens is 3. The zero-order chi connectivity index (χ0) is 16.5. The van der Waals surface area contributed by atoms with Crippen LogP contribution in [0, 0.1) is 17.8 Å². The number of esters is 1. The average molecular weight is 307 g/mol. The molecule has 0 saturated carbocycles. The lowest BCUT2D eigenvalue weighted by molar-refractivity contribution is -0.189. The number of carbonyl (C=O) groups excluding carboxylic acids is 2. The van der Waals surface area contributed by atoms with E-state index in [2.05, 4.69) is 10.7 Å². The molecule has 1 aliphatic rings. The molecule has 0 aliphatic heterocycles. The van der Waals surface area contributed by atoms with E-state index in [1.54, 1.807) is 0 Å². The van der Waals surface area contributed by atoms with Crippen LogP contribution in [0.4, 0.5) is 18.0 Å². The number of hydrogen-bond donors (Lipinski definition) is 1. The van der Waals surface area contributed by atoms with E-state index in [1.807, 2.05) is 11.2 Å². The largest absolute Gasteiger partial charge is 0.463 e. The number of hydrogen-bond acceptors (Lipinski definition) is 4. The van der Waals surface area contributed by atoms with Gasteiger partial charge in [0.05, 0.1) is 6.61 Å². The van der Waals surface area contributed by atoms with Crippen LogP contribution in [0.3, 0.4) is 0 Å². The van der Waals surface area contributed by atoms with Crippen LogP contribution in [0.2, 0.25) is 0 Å². The van der Waals surface area contributed by atoms with Crippen molar-refractivity contribution in [1.29, 1.82) is 0 Å². The summed E-state index contributed by atoms with van der Waals surface area (Å²) in [7, 11) is 0. The quantitative estimate of drug-likeness (QED) is 0.640. The van der Waals surface area contributed by atoms with Gasteiger partial charge >= 0.3 is 18.2 Å². The topological polar surface area (TPSA) is 64.6 Å². The number of alkyl carbamates (subject to hydrolysis) is 1. The molecule has 1 rings (SSSR count). The molecule has 0 aromatic heterocycles. The van der Waals surface area contributed by atoms with Gasteiger partial charge < -0.3 is 9.47 Å². The lowest BCUT2D eigenvalue weighted by atomic mass is 9.76. The molecular weight excluding hydrogens is 291 g/mol. The first-order valence-electron chi connectivity index (χ1n) is 6.20. The van der Waals surface area contributed by atoms with Crippen molar-refractivity contribution in [2.75, 3.05) is 6.61 Å². The second-order valence-corrected chi connectivity index (χ2v) is 5.40. The number of alkyl halides is 3. The summed E-state index contributed by atoms with van der Waals surface area (Å²) in [5, 5.41) is 1.90. The van der Waals surface area contributed by atoms with Crippen LogP contribution in [-0.2, 0) is 14.3 Å². The number of amides is 1. The van der Waals surface area contributed by atoms with Gasteiger partial charge in [0.15, 0.2) is 5.92 Å². The molecular formula is C13H16F3NO4. The SMILES string of the molecule is CCOC(=O)[C@@]1(NC(=O)OC(C)(C)C)C#C[C@H]1C(F)(F)F. The Labute approximate surface area is 120 Å². The molecule has 118 valence electrons. The number of ether oxygens (including phenoxy) is 2. The summed E-state index contributed by atoms with van der Waals surface area (Å²) < 4.78 is 48.1. The Morgan fingerprint density at radius 2 is 1.86 bits per heavy atom. The van der Waals surface area contributed by atoms with Crippen molar-refractivity contribution in [2.45, 2.75) is 45.0 Å². The van der Waals surface area contributed by atoms with Crippen LogP contribution in [0.1, 0.15) is 27.7 Å². The summed E-state index contributed by atoms with van der Waals surface area (Å²) in [5.74, 6) is 0.323. The Hall–Kier alpha value is -1.91. The summed E-state index contributed by atoms with van der Waals surface area (Å²) in [6, 6.07) is 0. The molecule has 0 aromatic carbocycles. The van der Waals surface area contributed by atoms with Crippen LogP contribution in [0.15, 0.2) is 0 Å². The van der Waals surface area contributed by atoms with Crippen molar-refractivity contribution in [3.05, 3.63) is 0 Å². The fourth-order valence-electron chi connectivity index (χ4n) is 1.65. The van der Waals surface area contributed by atoms with Crippen LogP contribution in [-0.4, -0.2) is 36.0 Å².